The Morgan fingerprint density at radius 1 is 1.11 bits per heavy atom. The number of likely N-dealkylation sites (tertiary alicyclic amines) is 1. The van der Waals surface area contributed by atoms with Gasteiger partial charge in [0.2, 0.25) is 5.95 Å². The van der Waals surface area contributed by atoms with Crippen LogP contribution in [0.15, 0.2) is 42.7 Å². The molecule has 2 aliphatic heterocycles. The van der Waals surface area contributed by atoms with Gasteiger partial charge < -0.3 is 24.3 Å². The van der Waals surface area contributed by atoms with Crippen LogP contribution in [0.25, 0.3) is 11.4 Å². The first-order valence-electron chi connectivity index (χ1n) is 12.4. The summed E-state index contributed by atoms with van der Waals surface area (Å²) in [5.74, 6) is 0.717. The third-order valence-corrected chi connectivity index (χ3v) is 6.82. The molecule has 0 spiro atoms. The topological polar surface area (TPSA) is 94.4 Å². The van der Waals surface area contributed by atoms with E-state index in [4.69, 9.17) is 9.47 Å². The highest BCUT2D eigenvalue weighted by molar-refractivity contribution is 5.67. The average molecular weight is 495 g/mol. The van der Waals surface area contributed by atoms with Crippen LogP contribution >= 0.6 is 0 Å². The van der Waals surface area contributed by atoms with Crippen LogP contribution in [0.4, 0.5) is 15.1 Å². The molecule has 0 atom stereocenters. The molecule has 36 heavy (non-hydrogen) atoms. The second kappa shape index (κ2) is 11.0. The van der Waals surface area contributed by atoms with E-state index < -0.39 is 5.82 Å². The Morgan fingerprint density at radius 2 is 1.86 bits per heavy atom. The van der Waals surface area contributed by atoms with Gasteiger partial charge in [0.05, 0.1) is 18.1 Å². The van der Waals surface area contributed by atoms with Crippen LogP contribution in [-0.2, 0) is 16.1 Å². The lowest BCUT2D eigenvalue weighted by molar-refractivity contribution is 0.0694. The number of rotatable bonds is 6. The standard InChI is InChI=1S/C26H31FN6O3/c1-18-28-16-23(33(18)21-9-13-35-14-10-21)24-22(27)15-29-25(31-24)30-20-7-11-32(12-8-20)26(34)36-17-19-5-3-2-4-6-19/h2-6,15-16,20-21H,7-14,17H2,1H3,(H,29,30,31). The second-order valence-corrected chi connectivity index (χ2v) is 9.24. The molecule has 3 aromatic rings. The summed E-state index contributed by atoms with van der Waals surface area (Å²) in [6.07, 6.45) is 5.72. The molecule has 4 heterocycles. The fourth-order valence-corrected chi connectivity index (χ4v) is 4.85. The first-order chi connectivity index (χ1) is 17.6. The normalized spacial score (nSPS) is 17.2. The Kier molecular flexibility index (Phi) is 7.41. The van der Waals surface area contributed by atoms with Crippen LogP contribution in [0.1, 0.15) is 43.1 Å². The fourth-order valence-electron chi connectivity index (χ4n) is 4.85. The molecule has 1 aromatic carbocycles. The summed E-state index contributed by atoms with van der Waals surface area (Å²) in [6.45, 7) is 4.67. The summed E-state index contributed by atoms with van der Waals surface area (Å²) in [4.78, 5) is 27.3. The highest BCUT2D eigenvalue weighted by Crippen LogP contribution is 2.31. The highest BCUT2D eigenvalue weighted by Gasteiger charge is 2.26. The number of anilines is 1. The minimum Gasteiger partial charge on any atom is -0.445 e. The molecule has 1 N–H and O–H groups in total. The van der Waals surface area contributed by atoms with Crippen molar-refractivity contribution in [3.63, 3.8) is 0 Å². The summed E-state index contributed by atoms with van der Waals surface area (Å²) in [5.41, 5.74) is 1.85. The first kappa shape index (κ1) is 24.2. The minimum absolute atomic E-state index is 0.0728. The van der Waals surface area contributed by atoms with Crippen molar-refractivity contribution in [2.24, 2.45) is 0 Å². The Bertz CT molecular complexity index is 1170. The first-order valence-corrected chi connectivity index (χ1v) is 12.4. The zero-order valence-corrected chi connectivity index (χ0v) is 20.4. The zero-order chi connectivity index (χ0) is 24.9. The molecule has 1 amide bonds. The molecule has 0 unspecified atom stereocenters. The molecule has 0 bridgehead atoms. The Hall–Kier alpha value is -3.53. The van der Waals surface area contributed by atoms with Crippen molar-refractivity contribution in [1.29, 1.82) is 0 Å². The van der Waals surface area contributed by atoms with Crippen LogP contribution in [-0.4, -0.2) is 62.9 Å². The summed E-state index contributed by atoms with van der Waals surface area (Å²) in [6, 6.07) is 9.90. The number of ether oxygens (including phenoxy) is 2. The maximum Gasteiger partial charge on any atom is 0.410 e. The number of hydrogen-bond acceptors (Lipinski definition) is 7. The van der Waals surface area contributed by atoms with Crippen molar-refractivity contribution in [3.05, 3.63) is 59.9 Å². The average Bonchev–Trinajstić information content (AvgIpc) is 3.31. The van der Waals surface area contributed by atoms with Gasteiger partial charge in [-0.1, -0.05) is 30.3 Å². The van der Waals surface area contributed by atoms with Crippen molar-refractivity contribution in [2.45, 2.75) is 51.3 Å². The lowest BCUT2D eigenvalue weighted by Gasteiger charge is -2.31. The SMILES string of the molecule is Cc1ncc(-c2nc(NC3CCN(C(=O)OCc4ccccc4)CC3)ncc2F)n1C1CCOCC1. The van der Waals surface area contributed by atoms with Gasteiger partial charge >= 0.3 is 6.09 Å². The molecule has 9 nitrogen and oxygen atoms in total. The molecule has 190 valence electrons. The number of nitrogens with one attached hydrogen (secondary N) is 1. The van der Waals surface area contributed by atoms with Crippen molar-refractivity contribution in [1.82, 2.24) is 24.4 Å². The van der Waals surface area contributed by atoms with Crippen LogP contribution < -0.4 is 5.32 Å². The van der Waals surface area contributed by atoms with Gasteiger partial charge in [-0.15, -0.1) is 0 Å². The molecular formula is C26H31FN6O3. The van der Waals surface area contributed by atoms with Gasteiger partial charge in [-0.05, 0) is 38.2 Å². The van der Waals surface area contributed by atoms with Gasteiger partial charge in [-0.2, -0.15) is 0 Å². The maximum absolute atomic E-state index is 14.8. The van der Waals surface area contributed by atoms with Crippen LogP contribution in [0, 0.1) is 12.7 Å². The maximum atomic E-state index is 14.8. The minimum atomic E-state index is -0.482. The van der Waals surface area contributed by atoms with Gasteiger partial charge in [0, 0.05) is 38.4 Å². The van der Waals surface area contributed by atoms with Gasteiger partial charge in [0.1, 0.15) is 18.1 Å². The third kappa shape index (κ3) is 5.48. The summed E-state index contributed by atoms with van der Waals surface area (Å²) in [5, 5.41) is 3.32. The molecule has 0 aliphatic carbocycles. The Labute approximate surface area is 209 Å². The number of hydrogen-bond donors (Lipinski definition) is 1. The number of aryl methyl sites for hydroxylation is 1. The number of carbonyl (C=O) groups is 1. The van der Waals surface area contributed by atoms with Gasteiger partial charge in [0.15, 0.2) is 5.82 Å². The molecule has 2 aromatic heterocycles. The number of carbonyl (C=O) groups excluding carboxylic acids is 1. The number of aromatic nitrogens is 4. The predicted octanol–water partition coefficient (Wildman–Crippen LogP) is 4.35. The zero-order valence-electron chi connectivity index (χ0n) is 20.4. The summed E-state index contributed by atoms with van der Waals surface area (Å²) >= 11 is 0. The van der Waals surface area contributed by atoms with Crippen LogP contribution in [0.5, 0.6) is 0 Å². The fraction of sp³-hybridized carbons (Fsp3) is 0.462. The Morgan fingerprint density at radius 3 is 2.61 bits per heavy atom. The van der Waals surface area contributed by atoms with E-state index in [1.807, 2.05) is 37.3 Å². The molecule has 0 saturated carbocycles. The van der Waals surface area contributed by atoms with Crippen molar-refractivity contribution in [3.8, 4) is 11.4 Å². The molecule has 0 radical (unpaired) electrons. The van der Waals surface area contributed by atoms with Crippen molar-refractivity contribution in [2.75, 3.05) is 31.6 Å². The van der Waals surface area contributed by atoms with E-state index in [-0.39, 0.29) is 30.5 Å². The lowest BCUT2D eigenvalue weighted by Crippen LogP contribution is -2.42. The number of amides is 1. The molecule has 2 saturated heterocycles. The van der Waals surface area contributed by atoms with E-state index in [9.17, 15) is 9.18 Å². The van der Waals surface area contributed by atoms with E-state index in [2.05, 4.69) is 24.8 Å². The van der Waals surface area contributed by atoms with Crippen LogP contribution in [0.3, 0.4) is 0 Å². The smallest absolute Gasteiger partial charge is 0.410 e. The predicted molar refractivity (Wildman–Crippen MR) is 132 cm³/mol. The van der Waals surface area contributed by atoms with Gasteiger partial charge in [0.25, 0.3) is 0 Å². The van der Waals surface area contributed by atoms with Crippen molar-refractivity contribution < 1.29 is 18.7 Å². The molecule has 2 fully saturated rings. The molecule has 5 rings (SSSR count). The van der Waals surface area contributed by atoms with E-state index in [1.165, 1.54) is 6.20 Å². The number of nitrogens with zero attached hydrogens (tertiary/aromatic N) is 5. The summed E-state index contributed by atoms with van der Waals surface area (Å²) < 4.78 is 27.9. The lowest BCUT2D eigenvalue weighted by atomic mass is 10.1. The van der Waals surface area contributed by atoms with E-state index in [1.54, 1.807) is 11.1 Å². The Balaban J connectivity index is 1.20. The number of piperidine rings is 1. The van der Waals surface area contributed by atoms with E-state index >= 15 is 0 Å². The second-order valence-electron chi connectivity index (χ2n) is 9.24. The van der Waals surface area contributed by atoms with E-state index in [0.717, 1.165) is 37.1 Å². The van der Waals surface area contributed by atoms with Gasteiger partial charge in [-0.3, -0.25) is 0 Å². The number of imidazole rings is 1. The molecule has 10 heteroatoms. The van der Waals surface area contributed by atoms with E-state index in [0.29, 0.717) is 37.9 Å². The monoisotopic (exact) mass is 494 g/mol. The third-order valence-electron chi connectivity index (χ3n) is 6.82. The number of benzene rings is 1. The quantitative estimate of drug-likeness (QED) is 0.544. The highest BCUT2D eigenvalue weighted by atomic mass is 19.1. The van der Waals surface area contributed by atoms with Gasteiger partial charge in [-0.25, -0.2) is 24.1 Å². The largest absolute Gasteiger partial charge is 0.445 e. The molecule has 2 aliphatic rings. The molecular weight excluding hydrogens is 463 g/mol. The summed E-state index contributed by atoms with van der Waals surface area (Å²) in [7, 11) is 0. The van der Waals surface area contributed by atoms with Crippen LogP contribution in [0.2, 0.25) is 0 Å². The van der Waals surface area contributed by atoms with Crippen molar-refractivity contribution >= 4 is 12.0 Å². The number of halogens is 1.